The van der Waals surface area contributed by atoms with E-state index in [-0.39, 0.29) is 6.04 Å². The first-order valence-corrected chi connectivity index (χ1v) is 8.87. The van der Waals surface area contributed by atoms with Crippen LogP contribution in [0.1, 0.15) is 42.1 Å². The van der Waals surface area contributed by atoms with Gasteiger partial charge in [-0.15, -0.1) is 0 Å². The van der Waals surface area contributed by atoms with Gasteiger partial charge in [-0.3, -0.25) is 0 Å². The van der Waals surface area contributed by atoms with Crippen molar-refractivity contribution in [1.29, 1.82) is 0 Å². The highest BCUT2D eigenvalue weighted by Crippen LogP contribution is 2.37. The predicted molar refractivity (Wildman–Crippen MR) is 92.6 cm³/mol. The number of hydrogen-bond donors (Lipinski definition) is 1. The van der Waals surface area contributed by atoms with Gasteiger partial charge in [-0.1, -0.05) is 12.1 Å². The van der Waals surface area contributed by atoms with E-state index in [1.54, 1.807) is 6.07 Å². The van der Waals surface area contributed by atoms with Gasteiger partial charge >= 0.3 is 6.18 Å². The van der Waals surface area contributed by atoms with Crippen molar-refractivity contribution in [2.75, 3.05) is 19.8 Å². The Morgan fingerprint density at radius 3 is 2.38 bits per heavy atom. The first-order valence-electron chi connectivity index (χ1n) is 8.87. The molecule has 3 nitrogen and oxygen atoms in total. The molecule has 0 amide bonds. The van der Waals surface area contributed by atoms with Crippen LogP contribution < -0.4 is 14.8 Å². The van der Waals surface area contributed by atoms with Crippen LogP contribution in [0.15, 0.2) is 36.4 Å². The lowest BCUT2D eigenvalue weighted by molar-refractivity contribution is -0.690. The minimum atomic E-state index is -4.34. The molecule has 1 aliphatic rings. The van der Waals surface area contributed by atoms with E-state index in [1.807, 2.05) is 26.0 Å². The summed E-state index contributed by atoms with van der Waals surface area (Å²) in [4.78, 5) is 0. The number of quaternary nitrogens is 1. The Hall–Kier alpha value is -2.21. The largest absolute Gasteiger partial charge is 0.490 e. The van der Waals surface area contributed by atoms with Crippen LogP contribution in [0, 0.1) is 0 Å². The number of alkyl halides is 3. The van der Waals surface area contributed by atoms with Gasteiger partial charge < -0.3 is 14.8 Å². The molecule has 3 rings (SSSR count). The van der Waals surface area contributed by atoms with Crippen LogP contribution in [0.2, 0.25) is 0 Å². The molecule has 2 N–H and O–H groups in total. The average Bonchev–Trinajstić information content (AvgIpc) is 2.61. The van der Waals surface area contributed by atoms with Crippen LogP contribution >= 0.6 is 0 Å². The summed E-state index contributed by atoms with van der Waals surface area (Å²) in [6.07, 6.45) is -3.50. The van der Waals surface area contributed by atoms with E-state index in [4.69, 9.17) is 9.47 Å². The topological polar surface area (TPSA) is 35.1 Å². The van der Waals surface area contributed by atoms with Crippen molar-refractivity contribution in [2.45, 2.75) is 32.5 Å². The molecule has 2 aromatic rings. The zero-order valence-corrected chi connectivity index (χ0v) is 14.9. The fourth-order valence-corrected chi connectivity index (χ4v) is 3.42. The van der Waals surface area contributed by atoms with Gasteiger partial charge in [0.25, 0.3) is 0 Å². The molecule has 0 radical (unpaired) electrons. The molecule has 0 fully saturated rings. The first-order chi connectivity index (χ1) is 12.4. The third-order valence-corrected chi connectivity index (χ3v) is 4.53. The molecule has 26 heavy (non-hydrogen) atoms. The SMILES string of the molecule is CCOc1cc2c(cc1OCC)[C@H](c1cccc(C(F)(F)F)c1)[NH2+]CC2. The summed E-state index contributed by atoms with van der Waals surface area (Å²) in [7, 11) is 0. The molecule has 1 atom stereocenters. The van der Waals surface area contributed by atoms with E-state index in [9.17, 15) is 13.2 Å². The van der Waals surface area contributed by atoms with Crippen LogP contribution in [0.3, 0.4) is 0 Å². The fraction of sp³-hybridized carbons (Fsp3) is 0.400. The molecule has 0 unspecified atom stereocenters. The maximum atomic E-state index is 13.1. The Labute approximate surface area is 151 Å². The number of nitrogens with two attached hydrogens (primary N) is 1. The van der Waals surface area contributed by atoms with Crippen molar-refractivity contribution in [3.05, 3.63) is 58.7 Å². The van der Waals surface area contributed by atoms with Crippen LogP contribution in [-0.4, -0.2) is 19.8 Å². The summed E-state index contributed by atoms with van der Waals surface area (Å²) in [5.74, 6) is 1.33. The second-order valence-electron chi connectivity index (χ2n) is 6.24. The summed E-state index contributed by atoms with van der Waals surface area (Å²) in [5, 5.41) is 2.08. The third kappa shape index (κ3) is 3.80. The highest BCUT2D eigenvalue weighted by molar-refractivity contribution is 5.50. The van der Waals surface area contributed by atoms with Gasteiger partial charge in [-0.05, 0) is 43.7 Å². The van der Waals surface area contributed by atoms with E-state index in [1.165, 1.54) is 12.1 Å². The minimum Gasteiger partial charge on any atom is -0.490 e. The van der Waals surface area contributed by atoms with Crippen molar-refractivity contribution < 1.29 is 28.0 Å². The maximum Gasteiger partial charge on any atom is 0.416 e. The number of ether oxygens (including phenoxy) is 2. The molecule has 0 saturated carbocycles. The molecule has 140 valence electrons. The van der Waals surface area contributed by atoms with E-state index in [0.29, 0.717) is 30.3 Å². The summed E-state index contributed by atoms with van der Waals surface area (Å²) in [6.45, 7) is 5.65. The van der Waals surface area contributed by atoms with Gasteiger partial charge in [0.2, 0.25) is 0 Å². The number of fused-ring (bicyclic) bond motifs is 1. The lowest BCUT2D eigenvalue weighted by Gasteiger charge is -2.26. The lowest BCUT2D eigenvalue weighted by Crippen LogP contribution is -2.87. The normalized spacial score (nSPS) is 16.9. The fourth-order valence-electron chi connectivity index (χ4n) is 3.42. The molecule has 0 aromatic heterocycles. The Balaban J connectivity index is 2.04. The van der Waals surface area contributed by atoms with Gasteiger partial charge in [0, 0.05) is 17.5 Å². The summed E-state index contributed by atoms with van der Waals surface area (Å²) in [6, 6.07) is 9.28. The van der Waals surface area contributed by atoms with Crippen LogP contribution in [0.5, 0.6) is 11.5 Å². The van der Waals surface area contributed by atoms with E-state index in [2.05, 4.69) is 5.32 Å². The zero-order valence-electron chi connectivity index (χ0n) is 14.9. The second-order valence-corrected chi connectivity index (χ2v) is 6.24. The minimum absolute atomic E-state index is 0.184. The van der Waals surface area contributed by atoms with Gasteiger partial charge in [0.05, 0.1) is 25.3 Å². The lowest BCUT2D eigenvalue weighted by atomic mass is 9.88. The van der Waals surface area contributed by atoms with Gasteiger partial charge in [0.15, 0.2) is 11.5 Å². The molecule has 2 aromatic carbocycles. The molecule has 6 heteroatoms. The second kappa shape index (κ2) is 7.58. The third-order valence-electron chi connectivity index (χ3n) is 4.53. The van der Waals surface area contributed by atoms with Crippen molar-refractivity contribution in [2.24, 2.45) is 0 Å². The highest BCUT2D eigenvalue weighted by atomic mass is 19.4. The van der Waals surface area contributed by atoms with Crippen molar-refractivity contribution in [3.8, 4) is 11.5 Å². The number of halogens is 3. The van der Waals surface area contributed by atoms with Crippen LogP contribution in [0.4, 0.5) is 13.2 Å². The molecular formula is C20H23F3NO2+. The quantitative estimate of drug-likeness (QED) is 0.876. The van der Waals surface area contributed by atoms with E-state index in [0.717, 1.165) is 30.2 Å². The Morgan fingerprint density at radius 1 is 1.04 bits per heavy atom. The Morgan fingerprint density at radius 2 is 1.73 bits per heavy atom. The number of hydrogen-bond acceptors (Lipinski definition) is 2. The zero-order chi connectivity index (χ0) is 18.7. The molecule has 0 saturated heterocycles. The Kier molecular flexibility index (Phi) is 5.41. The van der Waals surface area contributed by atoms with Gasteiger partial charge in [0.1, 0.15) is 6.04 Å². The van der Waals surface area contributed by atoms with Crippen LogP contribution in [0.25, 0.3) is 0 Å². The summed E-state index contributed by atoms with van der Waals surface area (Å²) in [5.41, 5.74) is 2.11. The molecule has 1 aliphatic heterocycles. The number of rotatable bonds is 5. The predicted octanol–water partition coefficient (Wildman–Crippen LogP) is 3.71. The molecule has 0 spiro atoms. The molecule has 0 aliphatic carbocycles. The smallest absolute Gasteiger partial charge is 0.416 e. The van der Waals surface area contributed by atoms with Crippen molar-refractivity contribution in [1.82, 2.24) is 0 Å². The maximum absolute atomic E-state index is 13.1. The van der Waals surface area contributed by atoms with Crippen molar-refractivity contribution in [3.63, 3.8) is 0 Å². The molecule has 0 bridgehead atoms. The molecule has 1 heterocycles. The van der Waals surface area contributed by atoms with Gasteiger partial charge in [-0.25, -0.2) is 0 Å². The van der Waals surface area contributed by atoms with Crippen LogP contribution in [-0.2, 0) is 12.6 Å². The Bertz CT molecular complexity index is 774. The average molecular weight is 366 g/mol. The first kappa shape index (κ1) is 18.6. The highest BCUT2D eigenvalue weighted by Gasteiger charge is 2.33. The van der Waals surface area contributed by atoms with Crippen molar-refractivity contribution >= 4 is 0 Å². The summed E-state index contributed by atoms with van der Waals surface area (Å²) < 4.78 is 50.6. The monoisotopic (exact) mass is 366 g/mol. The van der Waals surface area contributed by atoms with E-state index >= 15 is 0 Å². The molecular weight excluding hydrogens is 343 g/mol. The number of benzene rings is 2. The van der Waals surface area contributed by atoms with E-state index < -0.39 is 11.7 Å². The van der Waals surface area contributed by atoms with Gasteiger partial charge in [-0.2, -0.15) is 13.2 Å². The summed E-state index contributed by atoms with van der Waals surface area (Å²) >= 11 is 0. The standard InChI is InChI=1S/C20H22F3NO2/c1-3-25-17-11-13-8-9-24-19(16(13)12-18(17)26-4-2)14-6-5-7-15(10-14)20(21,22)23/h5-7,10-12,19,24H,3-4,8-9H2,1-2H3/p+1/t19-/m0/s1.